The van der Waals surface area contributed by atoms with E-state index in [9.17, 15) is 14.4 Å². The summed E-state index contributed by atoms with van der Waals surface area (Å²) in [7, 11) is 1.63. The van der Waals surface area contributed by atoms with Gasteiger partial charge in [-0.3, -0.25) is 19.7 Å². The largest absolute Gasteiger partial charge is 0.326 e. The third-order valence-corrected chi connectivity index (χ3v) is 6.40. The summed E-state index contributed by atoms with van der Waals surface area (Å²) in [6.07, 6.45) is 1.45. The van der Waals surface area contributed by atoms with E-state index in [1.807, 2.05) is 17.5 Å². The Balaban J connectivity index is 1.55. The van der Waals surface area contributed by atoms with Crippen molar-refractivity contribution in [2.75, 3.05) is 10.6 Å². The van der Waals surface area contributed by atoms with Crippen LogP contribution in [0, 0.1) is 6.92 Å². The van der Waals surface area contributed by atoms with Crippen LogP contribution in [0.3, 0.4) is 0 Å². The third kappa shape index (κ3) is 3.74. The molecule has 1 aromatic carbocycles. The molecule has 3 aromatic heterocycles. The maximum Gasteiger partial charge on any atom is 0.267 e. The van der Waals surface area contributed by atoms with Crippen LogP contribution in [-0.4, -0.2) is 26.3 Å². The Hall–Kier alpha value is -3.37. The lowest BCUT2D eigenvalue weighted by atomic mass is 10.1. The number of thiophene rings is 1. The lowest BCUT2D eigenvalue weighted by Crippen LogP contribution is -2.17. The van der Waals surface area contributed by atoms with Gasteiger partial charge in [0.05, 0.1) is 22.3 Å². The molecule has 0 aliphatic heterocycles. The molecule has 0 saturated heterocycles. The summed E-state index contributed by atoms with van der Waals surface area (Å²) in [5, 5.41) is 8.29. The van der Waals surface area contributed by atoms with Gasteiger partial charge in [0, 0.05) is 30.6 Å². The fourth-order valence-electron chi connectivity index (χ4n) is 2.97. The highest BCUT2D eigenvalue weighted by Gasteiger charge is 2.20. The molecule has 0 saturated carbocycles. The smallest absolute Gasteiger partial charge is 0.267 e. The summed E-state index contributed by atoms with van der Waals surface area (Å²) in [5.41, 5.74) is 2.73. The number of nitrogens with one attached hydrogen (secondary N) is 2. The molecule has 152 valence electrons. The van der Waals surface area contributed by atoms with Crippen molar-refractivity contribution >= 4 is 55.5 Å². The minimum atomic E-state index is -0.320. The van der Waals surface area contributed by atoms with E-state index in [4.69, 9.17) is 0 Å². The molecule has 0 spiro atoms. The van der Waals surface area contributed by atoms with Crippen molar-refractivity contribution in [3.63, 3.8) is 0 Å². The van der Waals surface area contributed by atoms with Gasteiger partial charge in [-0.05, 0) is 24.6 Å². The van der Waals surface area contributed by atoms with Crippen LogP contribution in [0.4, 0.5) is 10.8 Å². The Labute approximate surface area is 179 Å². The molecule has 0 atom stereocenters. The molecule has 8 nitrogen and oxygen atoms in total. The molecule has 10 heteroatoms. The second-order valence-corrected chi connectivity index (χ2v) is 8.50. The number of benzene rings is 1. The number of aryl methyl sites for hydroxylation is 2. The predicted octanol–water partition coefficient (Wildman–Crippen LogP) is 3.64. The molecule has 4 aromatic rings. The summed E-state index contributed by atoms with van der Waals surface area (Å²) < 4.78 is 1.40. The zero-order valence-electron chi connectivity index (χ0n) is 16.3. The van der Waals surface area contributed by atoms with E-state index in [2.05, 4.69) is 20.6 Å². The Morgan fingerprint density at radius 1 is 1.13 bits per heavy atom. The topological polar surface area (TPSA) is 106 Å². The molecule has 0 bridgehead atoms. The van der Waals surface area contributed by atoms with E-state index >= 15 is 0 Å². The number of anilines is 2. The van der Waals surface area contributed by atoms with E-state index in [1.54, 1.807) is 26.1 Å². The molecule has 0 unspecified atom stereocenters. The number of nitrogens with zero attached hydrogens (tertiary/aromatic N) is 3. The van der Waals surface area contributed by atoms with Crippen LogP contribution >= 0.6 is 22.7 Å². The average molecular weight is 440 g/mol. The Morgan fingerprint density at radius 2 is 1.87 bits per heavy atom. The maximum absolute atomic E-state index is 12.8. The fourth-order valence-corrected chi connectivity index (χ4v) is 4.72. The highest BCUT2D eigenvalue weighted by Crippen LogP contribution is 2.29. The van der Waals surface area contributed by atoms with E-state index in [-0.39, 0.29) is 17.4 Å². The quantitative estimate of drug-likeness (QED) is 0.505. The number of aromatic nitrogens is 3. The molecular formula is C20H17N5O3S2. The van der Waals surface area contributed by atoms with Gasteiger partial charge in [0.25, 0.3) is 11.5 Å². The highest BCUT2D eigenvalue weighted by atomic mass is 32.1. The Kier molecular flexibility index (Phi) is 5.18. The van der Waals surface area contributed by atoms with Crippen molar-refractivity contribution in [1.82, 2.24) is 14.5 Å². The van der Waals surface area contributed by atoms with Gasteiger partial charge in [-0.2, -0.15) is 0 Å². The summed E-state index contributed by atoms with van der Waals surface area (Å²) >= 11 is 2.50. The van der Waals surface area contributed by atoms with Crippen molar-refractivity contribution in [2.45, 2.75) is 13.8 Å². The number of carbonyl (C=O) groups excluding carboxylic acids is 2. The van der Waals surface area contributed by atoms with Gasteiger partial charge < -0.3 is 9.88 Å². The predicted molar refractivity (Wildman–Crippen MR) is 119 cm³/mol. The summed E-state index contributed by atoms with van der Waals surface area (Å²) in [6.45, 7) is 3.20. The van der Waals surface area contributed by atoms with Crippen LogP contribution in [0.5, 0.6) is 0 Å². The molecular weight excluding hydrogens is 422 g/mol. The second kappa shape index (κ2) is 7.81. The van der Waals surface area contributed by atoms with Crippen LogP contribution in [0.25, 0.3) is 21.5 Å². The van der Waals surface area contributed by atoms with E-state index < -0.39 is 0 Å². The average Bonchev–Trinajstić information content (AvgIpc) is 3.30. The molecule has 4 rings (SSSR count). The van der Waals surface area contributed by atoms with Gasteiger partial charge in [0.2, 0.25) is 5.91 Å². The first kappa shape index (κ1) is 19.9. The molecule has 30 heavy (non-hydrogen) atoms. The lowest BCUT2D eigenvalue weighted by Gasteiger charge is -2.03. The molecule has 2 N–H and O–H groups in total. The normalized spacial score (nSPS) is 10.9. The van der Waals surface area contributed by atoms with Gasteiger partial charge in [0.15, 0.2) is 5.13 Å². The van der Waals surface area contributed by atoms with Gasteiger partial charge in [-0.1, -0.05) is 12.1 Å². The van der Waals surface area contributed by atoms with Crippen LogP contribution in [-0.2, 0) is 11.8 Å². The molecule has 3 heterocycles. The van der Waals surface area contributed by atoms with E-state index in [1.165, 1.54) is 40.5 Å². The number of fused-ring (bicyclic) bond motifs is 1. The van der Waals surface area contributed by atoms with Gasteiger partial charge in [0.1, 0.15) is 4.83 Å². The molecule has 0 fully saturated rings. The summed E-state index contributed by atoms with van der Waals surface area (Å²) in [4.78, 5) is 46.0. The van der Waals surface area contributed by atoms with Crippen molar-refractivity contribution in [3.05, 3.63) is 56.8 Å². The number of hydrogen-bond acceptors (Lipinski definition) is 7. The molecule has 2 amide bonds. The van der Waals surface area contributed by atoms with Gasteiger partial charge in [-0.25, -0.2) is 9.97 Å². The summed E-state index contributed by atoms with van der Waals surface area (Å²) in [5.74, 6) is -0.453. The molecule has 0 aliphatic carbocycles. The first-order valence-corrected chi connectivity index (χ1v) is 10.6. The monoisotopic (exact) mass is 439 g/mol. The SMILES string of the molecule is CC(=O)Nc1ccc(-c2csc(NC(=O)c3sc4ncn(C)c(=O)c4c3C)n2)cc1. The van der Waals surface area contributed by atoms with Crippen LogP contribution < -0.4 is 16.2 Å². The van der Waals surface area contributed by atoms with Gasteiger partial charge >= 0.3 is 0 Å². The van der Waals surface area contributed by atoms with Gasteiger partial charge in [-0.15, -0.1) is 22.7 Å². The highest BCUT2D eigenvalue weighted by molar-refractivity contribution is 7.21. The standard InChI is InChI=1S/C20H17N5O3S2/c1-10-15-18(21-9-25(3)19(15)28)30-16(10)17(27)24-20-23-14(8-29-20)12-4-6-13(7-5-12)22-11(2)26/h4-9H,1-3H3,(H,22,26)(H,23,24,27). The van der Waals surface area contributed by atoms with Crippen molar-refractivity contribution in [2.24, 2.45) is 7.05 Å². The number of rotatable bonds is 4. The first-order valence-electron chi connectivity index (χ1n) is 8.93. The minimum absolute atomic E-state index is 0.133. The number of amides is 2. The number of thiazole rings is 1. The van der Waals surface area contributed by atoms with Crippen LogP contribution in [0.15, 0.2) is 40.8 Å². The van der Waals surface area contributed by atoms with Crippen LogP contribution in [0.1, 0.15) is 22.2 Å². The maximum atomic E-state index is 12.8. The number of hydrogen-bond donors (Lipinski definition) is 2. The van der Waals surface area contributed by atoms with Crippen LogP contribution in [0.2, 0.25) is 0 Å². The number of carbonyl (C=O) groups is 2. The van der Waals surface area contributed by atoms with Crippen molar-refractivity contribution in [3.8, 4) is 11.3 Å². The van der Waals surface area contributed by atoms with E-state index in [0.29, 0.717) is 37.2 Å². The molecule has 0 radical (unpaired) electrons. The van der Waals surface area contributed by atoms with Crippen molar-refractivity contribution < 1.29 is 9.59 Å². The zero-order valence-corrected chi connectivity index (χ0v) is 18.0. The van der Waals surface area contributed by atoms with Crippen molar-refractivity contribution in [1.29, 1.82) is 0 Å². The Bertz CT molecular complexity index is 1330. The summed E-state index contributed by atoms with van der Waals surface area (Å²) in [6, 6.07) is 7.29. The third-order valence-electron chi connectivity index (χ3n) is 4.44. The second-order valence-electron chi connectivity index (χ2n) is 6.65. The first-order chi connectivity index (χ1) is 14.3. The fraction of sp³-hybridized carbons (Fsp3) is 0.150. The Morgan fingerprint density at radius 3 is 2.57 bits per heavy atom. The lowest BCUT2D eigenvalue weighted by molar-refractivity contribution is -0.114. The zero-order chi connectivity index (χ0) is 21.4. The van der Waals surface area contributed by atoms with E-state index in [0.717, 1.165) is 5.56 Å². The minimum Gasteiger partial charge on any atom is -0.326 e. The molecule has 0 aliphatic rings.